The summed E-state index contributed by atoms with van der Waals surface area (Å²) in [5.41, 5.74) is 3.32. The van der Waals surface area contributed by atoms with Gasteiger partial charge < -0.3 is 10.1 Å². The third-order valence-electron chi connectivity index (χ3n) is 2.49. The Morgan fingerprint density at radius 3 is 2.53 bits per heavy atom. The Morgan fingerprint density at radius 2 is 1.94 bits per heavy atom. The predicted octanol–water partition coefficient (Wildman–Crippen LogP) is 1.48. The molecular formula is C13H17NO3. The van der Waals surface area contributed by atoms with Crippen LogP contribution in [0.25, 0.3) is 0 Å². The van der Waals surface area contributed by atoms with Gasteiger partial charge in [0.05, 0.1) is 6.61 Å². The van der Waals surface area contributed by atoms with E-state index in [2.05, 4.69) is 10.1 Å². The molecule has 0 saturated heterocycles. The van der Waals surface area contributed by atoms with Crippen LogP contribution in [0.5, 0.6) is 0 Å². The van der Waals surface area contributed by atoms with Gasteiger partial charge >= 0.3 is 11.9 Å². The largest absolute Gasteiger partial charge is 0.459 e. The molecule has 4 nitrogen and oxygen atoms in total. The predicted molar refractivity (Wildman–Crippen MR) is 64.4 cm³/mol. The van der Waals surface area contributed by atoms with Crippen LogP contribution in [0.4, 0.5) is 0 Å². The molecule has 1 N–H and O–H groups in total. The highest BCUT2D eigenvalue weighted by molar-refractivity contribution is 6.32. The van der Waals surface area contributed by atoms with Gasteiger partial charge in [-0.05, 0) is 37.5 Å². The van der Waals surface area contributed by atoms with Gasteiger partial charge in [0.2, 0.25) is 0 Å². The molecule has 92 valence electrons. The number of carbonyl (C=O) groups excluding carboxylic acids is 2. The van der Waals surface area contributed by atoms with Gasteiger partial charge in [0.15, 0.2) is 0 Å². The standard InChI is InChI=1S/C13H17NO3/c1-4-17-13(16)12(15)14-8-11-6-5-9(2)10(3)7-11/h5-7H,4,8H2,1-3H3,(H,14,15). The maximum absolute atomic E-state index is 11.3. The van der Waals surface area contributed by atoms with Gasteiger partial charge in [-0.3, -0.25) is 4.79 Å². The topological polar surface area (TPSA) is 55.4 Å². The summed E-state index contributed by atoms with van der Waals surface area (Å²) in [7, 11) is 0. The first kappa shape index (κ1) is 13.2. The van der Waals surface area contributed by atoms with Gasteiger partial charge in [-0.1, -0.05) is 18.2 Å². The van der Waals surface area contributed by atoms with E-state index in [0.717, 1.165) is 11.1 Å². The SMILES string of the molecule is CCOC(=O)C(=O)NCc1ccc(C)c(C)c1. The average Bonchev–Trinajstić information content (AvgIpc) is 2.30. The van der Waals surface area contributed by atoms with Crippen molar-refractivity contribution in [2.24, 2.45) is 0 Å². The van der Waals surface area contributed by atoms with Crippen LogP contribution < -0.4 is 5.32 Å². The molecule has 0 aliphatic carbocycles. The summed E-state index contributed by atoms with van der Waals surface area (Å²) in [6.07, 6.45) is 0. The van der Waals surface area contributed by atoms with Gasteiger partial charge in [0, 0.05) is 6.54 Å². The maximum atomic E-state index is 11.3. The second-order valence-corrected chi connectivity index (χ2v) is 3.82. The molecule has 0 heterocycles. The molecule has 0 fully saturated rings. The highest BCUT2D eigenvalue weighted by atomic mass is 16.5. The van der Waals surface area contributed by atoms with Gasteiger partial charge in [-0.25, -0.2) is 4.79 Å². The molecule has 4 heteroatoms. The van der Waals surface area contributed by atoms with E-state index in [0.29, 0.717) is 6.54 Å². The Hall–Kier alpha value is -1.84. The Bertz CT molecular complexity index is 427. The number of benzene rings is 1. The van der Waals surface area contributed by atoms with E-state index in [-0.39, 0.29) is 6.61 Å². The summed E-state index contributed by atoms with van der Waals surface area (Å²) in [5, 5.41) is 2.52. The van der Waals surface area contributed by atoms with Gasteiger partial charge in [0.25, 0.3) is 0 Å². The first-order valence-corrected chi connectivity index (χ1v) is 5.55. The van der Waals surface area contributed by atoms with Crippen LogP contribution in [0.3, 0.4) is 0 Å². The number of rotatable bonds is 3. The molecule has 0 spiro atoms. The first-order valence-electron chi connectivity index (χ1n) is 5.55. The van der Waals surface area contributed by atoms with Crippen LogP contribution >= 0.6 is 0 Å². The lowest BCUT2D eigenvalue weighted by atomic mass is 10.1. The minimum absolute atomic E-state index is 0.204. The third-order valence-corrected chi connectivity index (χ3v) is 2.49. The zero-order valence-corrected chi connectivity index (χ0v) is 10.4. The molecule has 0 unspecified atom stereocenters. The molecule has 0 aliphatic heterocycles. The molecule has 17 heavy (non-hydrogen) atoms. The first-order chi connectivity index (χ1) is 8.04. The Labute approximate surface area is 101 Å². The van der Waals surface area contributed by atoms with Crippen molar-refractivity contribution in [3.05, 3.63) is 34.9 Å². The van der Waals surface area contributed by atoms with Crippen LogP contribution in [-0.2, 0) is 20.9 Å². The maximum Gasteiger partial charge on any atom is 0.396 e. The molecule has 0 saturated carbocycles. The fraction of sp³-hybridized carbons (Fsp3) is 0.385. The average molecular weight is 235 g/mol. The molecule has 0 aliphatic rings. The number of aryl methyl sites for hydroxylation is 2. The van der Waals surface area contributed by atoms with E-state index in [1.807, 2.05) is 32.0 Å². The molecule has 0 aromatic heterocycles. The molecular weight excluding hydrogens is 218 g/mol. The van der Waals surface area contributed by atoms with E-state index >= 15 is 0 Å². The molecule has 0 atom stereocenters. The van der Waals surface area contributed by atoms with Crippen molar-refractivity contribution < 1.29 is 14.3 Å². The Kier molecular flexibility index (Phi) is 4.69. The van der Waals surface area contributed by atoms with Crippen LogP contribution in [0.2, 0.25) is 0 Å². The van der Waals surface area contributed by atoms with Gasteiger partial charge in [-0.2, -0.15) is 0 Å². The smallest absolute Gasteiger partial charge is 0.396 e. The molecule has 1 aromatic carbocycles. The van der Waals surface area contributed by atoms with Crippen molar-refractivity contribution in [3.63, 3.8) is 0 Å². The highest BCUT2D eigenvalue weighted by Gasteiger charge is 2.13. The summed E-state index contributed by atoms with van der Waals surface area (Å²) in [5.74, 6) is -1.54. The lowest BCUT2D eigenvalue weighted by Gasteiger charge is -2.07. The molecule has 1 amide bonds. The van der Waals surface area contributed by atoms with E-state index in [1.165, 1.54) is 5.56 Å². The lowest BCUT2D eigenvalue weighted by molar-refractivity contribution is -0.154. The number of esters is 1. The Morgan fingerprint density at radius 1 is 1.24 bits per heavy atom. The van der Waals surface area contributed by atoms with Crippen molar-refractivity contribution in [2.75, 3.05) is 6.61 Å². The second-order valence-electron chi connectivity index (χ2n) is 3.82. The third kappa shape index (κ3) is 3.90. The van der Waals surface area contributed by atoms with Gasteiger partial charge in [0.1, 0.15) is 0 Å². The normalized spacial score (nSPS) is 9.82. The fourth-order valence-electron chi connectivity index (χ4n) is 1.36. The van der Waals surface area contributed by atoms with Crippen molar-refractivity contribution in [2.45, 2.75) is 27.3 Å². The van der Waals surface area contributed by atoms with E-state index in [4.69, 9.17) is 0 Å². The van der Waals surface area contributed by atoms with Crippen molar-refractivity contribution in [1.29, 1.82) is 0 Å². The number of ether oxygens (including phenoxy) is 1. The summed E-state index contributed by atoms with van der Waals surface area (Å²) in [6, 6.07) is 5.90. The summed E-state index contributed by atoms with van der Waals surface area (Å²) >= 11 is 0. The molecule has 1 rings (SSSR count). The molecule has 1 aromatic rings. The van der Waals surface area contributed by atoms with E-state index in [1.54, 1.807) is 6.92 Å². The van der Waals surface area contributed by atoms with Crippen LogP contribution in [0.15, 0.2) is 18.2 Å². The number of amides is 1. The van der Waals surface area contributed by atoms with Crippen molar-refractivity contribution >= 4 is 11.9 Å². The zero-order valence-electron chi connectivity index (χ0n) is 10.4. The summed E-state index contributed by atoms with van der Waals surface area (Å²) < 4.78 is 4.58. The molecule has 0 bridgehead atoms. The number of nitrogens with one attached hydrogen (secondary N) is 1. The van der Waals surface area contributed by atoms with Gasteiger partial charge in [-0.15, -0.1) is 0 Å². The zero-order chi connectivity index (χ0) is 12.8. The van der Waals surface area contributed by atoms with Crippen LogP contribution in [0.1, 0.15) is 23.6 Å². The summed E-state index contributed by atoms with van der Waals surface area (Å²) in [6.45, 7) is 6.23. The minimum Gasteiger partial charge on any atom is -0.459 e. The van der Waals surface area contributed by atoms with E-state index < -0.39 is 11.9 Å². The highest BCUT2D eigenvalue weighted by Crippen LogP contribution is 2.09. The number of hydrogen-bond donors (Lipinski definition) is 1. The number of carbonyl (C=O) groups is 2. The van der Waals surface area contributed by atoms with Crippen LogP contribution in [-0.4, -0.2) is 18.5 Å². The Balaban J connectivity index is 2.53. The number of hydrogen-bond acceptors (Lipinski definition) is 3. The monoisotopic (exact) mass is 235 g/mol. The second kappa shape index (κ2) is 6.03. The quantitative estimate of drug-likeness (QED) is 0.637. The van der Waals surface area contributed by atoms with Crippen molar-refractivity contribution in [3.8, 4) is 0 Å². The molecule has 0 radical (unpaired) electrons. The lowest BCUT2D eigenvalue weighted by Crippen LogP contribution is -2.32. The van der Waals surface area contributed by atoms with Crippen molar-refractivity contribution in [1.82, 2.24) is 5.32 Å². The minimum atomic E-state index is -0.837. The van der Waals surface area contributed by atoms with E-state index in [9.17, 15) is 9.59 Å². The summed E-state index contributed by atoms with van der Waals surface area (Å²) in [4.78, 5) is 22.3. The fourth-order valence-corrected chi connectivity index (χ4v) is 1.36. The van der Waals surface area contributed by atoms with Crippen LogP contribution in [0, 0.1) is 13.8 Å².